The first-order valence-corrected chi connectivity index (χ1v) is 10.3. The summed E-state index contributed by atoms with van der Waals surface area (Å²) >= 11 is 1.47. The van der Waals surface area contributed by atoms with Gasteiger partial charge in [-0.1, -0.05) is 24.3 Å². The molecule has 1 aliphatic carbocycles. The summed E-state index contributed by atoms with van der Waals surface area (Å²) in [5.41, 5.74) is 1.70. The quantitative estimate of drug-likeness (QED) is 0.790. The Bertz CT molecular complexity index is 994. The third kappa shape index (κ3) is 2.49. The normalized spacial score (nSPS) is 23.6. The molecule has 0 bridgehead atoms. The van der Waals surface area contributed by atoms with E-state index in [-0.39, 0.29) is 29.8 Å². The SMILES string of the molecule is O=C(C1CC1)N1CCS[C@]12C(=O)N(Cc1ccc(F)cc1F)c1ccccc12. The molecule has 2 fully saturated rings. The Morgan fingerprint density at radius 2 is 1.96 bits per heavy atom. The zero-order valence-corrected chi connectivity index (χ0v) is 15.8. The molecule has 0 N–H and O–H groups in total. The number of benzene rings is 2. The van der Waals surface area contributed by atoms with Crippen molar-refractivity contribution in [3.63, 3.8) is 0 Å². The van der Waals surface area contributed by atoms with Gasteiger partial charge in [-0.05, 0) is 25.0 Å². The maximum Gasteiger partial charge on any atom is 0.268 e. The molecule has 1 spiro atoms. The van der Waals surface area contributed by atoms with Gasteiger partial charge < -0.3 is 9.80 Å². The molecule has 4 nitrogen and oxygen atoms in total. The fourth-order valence-corrected chi connectivity index (χ4v) is 5.58. The number of hydrogen-bond donors (Lipinski definition) is 0. The summed E-state index contributed by atoms with van der Waals surface area (Å²) in [4.78, 5) is 28.7. The van der Waals surface area contributed by atoms with E-state index in [0.717, 1.165) is 24.5 Å². The van der Waals surface area contributed by atoms with Crippen LogP contribution in [0.5, 0.6) is 0 Å². The third-order valence-electron chi connectivity index (χ3n) is 5.64. The highest BCUT2D eigenvalue weighted by Gasteiger charge is 2.60. The number of nitrogens with zero attached hydrogens (tertiary/aromatic N) is 2. The van der Waals surface area contributed by atoms with E-state index < -0.39 is 16.5 Å². The topological polar surface area (TPSA) is 40.6 Å². The summed E-state index contributed by atoms with van der Waals surface area (Å²) in [6.07, 6.45) is 1.74. The van der Waals surface area contributed by atoms with Gasteiger partial charge in [0.2, 0.25) is 5.91 Å². The predicted molar refractivity (Wildman–Crippen MR) is 103 cm³/mol. The number of para-hydroxylation sites is 1. The molecule has 0 aromatic heterocycles. The van der Waals surface area contributed by atoms with Crippen molar-refractivity contribution in [3.05, 3.63) is 65.2 Å². The van der Waals surface area contributed by atoms with Crippen LogP contribution in [-0.4, -0.2) is 29.0 Å². The molecule has 2 aromatic rings. The molecule has 5 rings (SSSR count). The summed E-state index contributed by atoms with van der Waals surface area (Å²) in [6.45, 7) is 0.522. The monoisotopic (exact) mass is 400 g/mol. The average molecular weight is 400 g/mol. The van der Waals surface area contributed by atoms with Gasteiger partial charge >= 0.3 is 0 Å². The van der Waals surface area contributed by atoms with Crippen molar-refractivity contribution in [1.29, 1.82) is 0 Å². The lowest BCUT2D eigenvalue weighted by Gasteiger charge is -2.33. The summed E-state index contributed by atoms with van der Waals surface area (Å²) in [6, 6.07) is 10.8. The molecule has 2 amide bonds. The Kier molecular flexibility index (Phi) is 3.98. The highest BCUT2D eigenvalue weighted by molar-refractivity contribution is 8.01. The molecule has 1 atom stereocenters. The molecule has 1 saturated carbocycles. The largest absolute Gasteiger partial charge is 0.315 e. The van der Waals surface area contributed by atoms with Crippen molar-refractivity contribution in [2.75, 3.05) is 17.2 Å². The van der Waals surface area contributed by atoms with Crippen LogP contribution in [-0.2, 0) is 21.0 Å². The van der Waals surface area contributed by atoms with Crippen LogP contribution in [0.4, 0.5) is 14.5 Å². The van der Waals surface area contributed by atoms with Gasteiger partial charge in [0.15, 0.2) is 4.87 Å². The number of rotatable bonds is 3. The Morgan fingerprint density at radius 1 is 1.18 bits per heavy atom. The lowest BCUT2D eigenvalue weighted by atomic mass is 10.1. The number of amides is 2. The van der Waals surface area contributed by atoms with E-state index in [2.05, 4.69) is 0 Å². The van der Waals surface area contributed by atoms with Gasteiger partial charge in [-0.25, -0.2) is 8.78 Å². The first-order chi connectivity index (χ1) is 13.5. The summed E-state index contributed by atoms with van der Waals surface area (Å²) in [7, 11) is 0. The van der Waals surface area contributed by atoms with Crippen molar-refractivity contribution < 1.29 is 18.4 Å². The van der Waals surface area contributed by atoms with E-state index >= 15 is 0 Å². The van der Waals surface area contributed by atoms with Crippen LogP contribution in [0.1, 0.15) is 24.0 Å². The summed E-state index contributed by atoms with van der Waals surface area (Å²) in [5.74, 6) is -0.845. The molecule has 7 heteroatoms. The van der Waals surface area contributed by atoms with Crippen LogP contribution >= 0.6 is 11.8 Å². The molecule has 0 unspecified atom stereocenters. The van der Waals surface area contributed by atoms with Crippen LogP contribution < -0.4 is 4.90 Å². The second kappa shape index (κ2) is 6.30. The van der Waals surface area contributed by atoms with E-state index in [1.807, 2.05) is 24.3 Å². The zero-order chi connectivity index (χ0) is 19.5. The Hall–Kier alpha value is -2.41. The number of fused-ring (bicyclic) bond motifs is 2. The van der Waals surface area contributed by atoms with Crippen molar-refractivity contribution in [2.45, 2.75) is 24.3 Å². The van der Waals surface area contributed by atoms with E-state index in [1.54, 1.807) is 4.90 Å². The second-order valence-electron chi connectivity index (χ2n) is 7.40. The maximum absolute atomic E-state index is 14.2. The molecular weight excluding hydrogens is 382 g/mol. The Labute approximate surface area is 165 Å². The molecule has 0 radical (unpaired) electrons. The minimum absolute atomic E-state index is 0.00424. The van der Waals surface area contributed by atoms with Crippen LogP contribution in [0.15, 0.2) is 42.5 Å². The Morgan fingerprint density at radius 3 is 2.71 bits per heavy atom. The van der Waals surface area contributed by atoms with Crippen molar-refractivity contribution >= 4 is 29.3 Å². The number of hydrogen-bond acceptors (Lipinski definition) is 3. The molecule has 2 aliphatic heterocycles. The number of thioether (sulfide) groups is 1. The van der Waals surface area contributed by atoms with Gasteiger partial charge in [0, 0.05) is 35.4 Å². The van der Waals surface area contributed by atoms with Crippen LogP contribution in [0.3, 0.4) is 0 Å². The average Bonchev–Trinajstić information content (AvgIpc) is 3.40. The maximum atomic E-state index is 14.2. The minimum Gasteiger partial charge on any atom is -0.315 e. The number of halogens is 2. The summed E-state index contributed by atoms with van der Waals surface area (Å²) in [5, 5.41) is 0. The Balaban J connectivity index is 1.57. The zero-order valence-electron chi connectivity index (χ0n) is 15.0. The molecule has 1 saturated heterocycles. The van der Waals surface area contributed by atoms with Crippen LogP contribution in [0.2, 0.25) is 0 Å². The number of carbonyl (C=O) groups excluding carboxylic acids is 2. The van der Waals surface area contributed by atoms with Gasteiger partial charge in [0.05, 0.1) is 12.2 Å². The molecule has 3 aliphatic rings. The van der Waals surface area contributed by atoms with Gasteiger partial charge in [-0.3, -0.25) is 9.59 Å². The van der Waals surface area contributed by atoms with Crippen LogP contribution in [0.25, 0.3) is 0 Å². The molecule has 144 valence electrons. The lowest BCUT2D eigenvalue weighted by molar-refractivity contribution is -0.141. The van der Waals surface area contributed by atoms with E-state index in [4.69, 9.17) is 0 Å². The number of anilines is 1. The van der Waals surface area contributed by atoms with Crippen molar-refractivity contribution in [3.8, 4) is 0 Å². The summed E-state index contributed by atoms with van der Waals surface area (Å²) < 4.78 is 27.5. The molecular formula is C21H18F2N2O2S. The molecule has 2 heterocycles. The van der Waals surface area contributed by atoms with E-state index in [1.165, 1.54) is 28.8 Å². The fraction of sp³-hybridized carbons (Fsp3) is 0.333. The second-order valence-corrected chi connectivity index (χ2v) is 8.69. The standard InChI is InChI=1S/C21H18F2N2O2S/c22-15-8-7-14(17(23)11-15)12-24-18-4-2-1-3-16(18)21(20(24)27)25(9-10-28-21)19(26)13-5-6-13/h1-4,7-8,11,13H,5-6,9-10,12H2/t21-/m1/s1. The molecule has 2 aromatic carbocycles. The fourth-order valence-electron chi connectivity index (χ4n) is 4.12. The van der Waals surface area contributed by atoms with E-state index in [9.17, 15) is 18.4 Å². The minimum atomic E-state index is -1.08. The first kappa shape index (κ1) is 17.7. The smallest absolute Gasteiger partial charge is 0.268 e. The van der Waals surface area contributed by atoms with Crippen molar-refractivity contribution in [1.82, 2.24) is 4.90 Å². The lowest BCUT2D eigenvalue weighted by Crippen LogP contribution is -2.50. The van der Waals surface area contributed by atoms with Gasteiger partial charge in [-0.15, -0.1) is 11.8 Å². The highest BCUT2D eigenvalue weighted by Crippen LogP contribution is 2.55. The molecule has 28 heavy (non-hydrogen) atoms. The van der Waals surface area contributed by atoms with Crippen molar-refractivity contribution in [2.24, 2.45) is 5.92 Å². The van der Waals surface area contributed by atoms with E-state index in [0.29, 0.717) is 18.0 Å². The first-order valence-electron chi connectivity index (χ1n) is 9.33. The highest BCUT2D eigenvalue weighted by atomic mass is 32.2. The van der Waals surface area contributed by atoms with Crippen LogP contribution in [0, 0.1) is 17.6 Å². The predicted octanol–water partition coefficient (Wildman–Crippen LogP) is 3.65. The third-order valence-corrected chi connectivity index (χ3v) is 7.06. The van der Waals surface area contributed by atoms with Gasteiger partial charge in [0.25, 0.3) is 5.91 Å². The van der Waals surface area contributed by atoms with Gasteiger partial charge in [-0.2, -0.15) is 0 Å². The number of carbonyl (C=O) groups is 2. The van der Waals surface area contributed by atoms with Gasteiger partial charge in [0.1, 0.15) is 11.6 Å².